The SMILES string of the molecule is O=S(O)Cc1ccc(-c2nc(C(F)(F)F)[nH]c2-c2cccs2)cc1. The van der Waals surface area contributed by atoms with E-state index in [1.807, 2.05) is 0 Å². The zero-order valence-electron chi connectivity index (χ0n) is 12.0. The van der Waals surface area contributed by atoms with Crippen LogP contribution >= 0.6 is 11.3 Å². The molecule has 4 nitrogen and oxygen atoms in total. The quantitative estimate of drug-likeness (QED) is 0.661. The molecule has 0 spiro atoms. The lowest BCUT2D eigenvalue weighted by Gasteiger charge is -2.03. The van der Waals surface area contributed by atoms with Gasteiger partial charge in [0.2, 0.25) is 5.82 Å². The van der Waals surface area contributed by atoms with Gasteiger partial charge in [-0.25, -0.2) is 9.19 Å². The molecule has 126 valence electrons. The molecule has 1 aromatic carbocycles. The van der Waals surface area contributed by atoms with Crippen LogP contribution in [-0.2, 0) is 23.0 Å². The predicted octanol–water partition coefficient (Wildman–Crippen LogP) is 4.55. The number of H-pyrrole nitrogens is 1. The van der Waals surface area contributed by atoms with E-state index in [-0.39, 0.29) is 11.4 Å². The highest BCUT2D eigenvalue weighted by Gasteiger charge is 2.36. The van der Waals surface area contributed by atoms with Crippen molar-refractivity contribution in [2.45, 2.75) is 11.9 Å². The molecule has 9 heteroatoms. The van der Waals surface area contributed by atoms with Crippen LogP contribution in [0.3, 0.4) is 0 Å². The summed E-state index contributed by atoms with van der Waals surface area (Å²) in [4.78, 5) is 6.72. The van der Waals surface area contributed by atoms with Crippen molar-refractivity contribution in [3.8, 4) is 21.8 Å². The maximum absolute atomic E-state index is 13.0. The van der Waals surface area contributed by atoms with Crippen molar-refractivity contribution in [1.82, 2.24) is 9.97 Å². The van der Waals surface area contributed by atoms with Gasteiger partial charge in [-0.2, -0.15) is 13.2 Å². The van der Waals surface area contributed by atoms with Crippen molar-refractivity contribution >= 4 is 22.4 Å². The summed E-state index contributed by atoms with van der Waals surface area (Å²) in [6.07, 6.45) is -4.57. The molecule has 2 N–H and O–H groups in total. The van der Waals surface area contributed by atoms with Gasteiger partial charge in [0.25, 0.3) is 0 Å². The van der Waals surface area contributed by atoms with Crippen molar-refractivity contribution < 1.29 is 21.9 Å². The topological polar surface area (TPSA) is 66.0 Å². The summed E-state index contributed by atoms with van der Waals surface area (Å²) in [7, 11) is 0. The number of benzene rings is 1. The van der Waals surface area contributed by atoms with Gasteiger partial charge in [-0.1, -0.05) is 30.3 Å². The summed E-state index contributed by atoms with van der Waals surface area (Å²) >= 11 is -0.664. The Morgan fingerprint density at radius 3 is 2.46 bits per heavy atom. The minimum absolute atomic E-state index is 0.0353. The van der Waals surface area contributed by atoms with Crippen LogP contribution in [0.5, 0.6) is 0 Å². The fraction of sp³-hybridized carbons (Fsp3) is 0.133. The molecule has 0 fully saturated rings. The molecule has 0 amide bonds. The van der Waals surface area contributed by atoms with Crippen LogP contribution in [0.15, 0.2) is 41.8 Å². The van der Waals surface area contributed by atoms with Gasteiger partial charge in [0.15, 0.2) is 11.1 Å². The maximum Gasteiger partial charge on any atom is 0.449 e. The number of rotatable bonds is 4. The van der Waals surface area contributed by atoms with Gasteiger partial charge in [-0.3, -0.25) is 0 Å². The molecule has 0 aliphatic carbocycles. The standard InChI is InChI=1S/C15H11F3N2O2S2/c16-15(17,18)14-19-12(13(20-14)11-2-1-7-23-11)10-5-3-9(4-6-10)8-24(21)22/h1-7H,8H2,(H,19,20)(H,21,22). The van der Waals surface area contributed by atoms with Crippen molar-refractivity contribution in [3.63, 3.8) is 0 Å². The Morgan fingerprint density at radius 2 is 1.92 bits per heavy atom. The molecule has 0 radical (unpaired) electrons. The van der Waals surface area contributed by atoms with Gasteiger partial charge in [0, 0.05) is 5.56 Å². The highest BCUT2D eigenvalue weighted by molar-refractivity contribution is 7.78. The van der Waals surface area contributed by atoms with Gasteiger partial charge < -0.3 is 9.54 Å². The predicted molar refractivity (Wildman–Crippen MR) is 86.8 cm³/mol. The molecule has 1 atom stereocenters. The number of aromatic nitrogens is 2. The molecule has 0 aliphatic heterocycles. The van der Waals surface area contributed by atoms with E-state index >= 15 is 0 Å². The minimum atomic E-state index is -4.57. The number of aromatic amines is 1. The lowest BCUT2D eigenvalue weighted by atomic mass is 10.1. The van der Waals surface area contributed by atoms with Crippen LogP contribution in [0.1, 0.15) is 11.4 Å². The summed E-state index contributed by atoms with van der Waals surface area (Å²) in [5.41, 5.74) is 1.61. The maximum atomic E-state index is 13.0. The van der Waals surface area contributed by atoms with Gasteiger partial charge in [-0.15, -0.1) is 11.3 Å². The van der Waals surface area contributed by atoms with E-state index in [1.165, 1.54) is 11.3 Å². The molecule has 2 heterocycles. The van der Waals surface area contributed by atoms with Crippen LogP contribution in [0.25, 0.3) is 21.8 Å². The van der Waals surface area contributed by atoms with E-state index in [4.69, 9.17) is 4.55 Å². The molecule has 0 saturated carbocycles. The molecule has 3 aromatic rings. The Kier molecular flexibility index (Phi) is 4.57. The number of hydrogen-bond acceptors (Lipinski definition) is 3. The molecule has 3 rings (SSSR count). The number of nitrogens with one attached hydrogen (secondary N) is 1. The number of thiophene rings is 1. The Hall–Kier alpha value is -1.97. The van der Waals surface area contributed by atoms with E-state index in [9.17, 15) is 17.4 Å². The monoisotopic (exact) mass is 372 g/mol. The number of nitrogens with zero attached hydrogens (tertiary/aromatic N) is 1. The molecule has 24 heavy (non-hydrogen) atoms. The van der Waals surface area contributed by atoms with Gasteiger partial charge in [0.05, 0.1) is 22.0 Å². The summed E-state index contributed by atoms with van der Waals surface area (Å²) in [6.45, 7) is 0. The van der Waals surface area contributed by atoms with E-state index < -0.39 is 23.1 Å². The second-order valence-electron chi connectivity index (χ2n) is 4.95. The highest BCUT2D eigenvalue weighted by atomic mass is 32.2. The Bertz CT molecular complexity index is 856. The number of hydrogen-bond donors (Lipinski definition) is 2. The normalized spacial score (nSPS) is 13.2. The van der Waals surface area contributed by atoms with E-state index in [0.29, 0.717) is 21.7 Å². The third-order valence-corrected chi connectivity index (χ3v) is 4.73. The molecule has 2 aromatic heterocycles. The molecule has 0 aliphatic rings. The third kappa shape index (κ3) is 3.58. The largest absolute Gasteiger partial charge is 0.449 e. The van der Waals surface area contributed by atoms with Crippen LogP contribution in [0, 0.1) is 0 Å². The van der Waals surface area contributed by atoms with Gasteiger partial charge in [-0.05, 0) is 17.0 Å². The number of halogens is 3. The first-order chi connectivity index (χ1) is 11.3. The first-order valence-electron chi connectivity index (χ1n) is 6.72. The zero-order chi connectivity index (χ0) is 17.3. The summed E-state index contributed by atoms with van der Waals surface area (Å²) in [5.74, 6) is -1.09. The first-order valence-corrected chi connectivity index (χ1v) is 8.88. The average Bonchev–Trinajstić information content (AvgIpc) is 3.16. The van der Waals surface area contributed by atoms with Crippen LogP contribution in [0.2, 0.25) is 0 Å². The van der Waals surface area contributed by atoms with E-state index in [0.717, 1.165) is 0 Å². The van der Waals surface area contributed by atoms with Crippen molar-refractivity contribution in [2.24, 2.45) is 0 Å². The van der Waals surface area contributed by atoms with Crippen LogP contribution in [-0.4, -0.2) is 18.7 Å². The fourth-order valence-corrected chi connectivity index (χ4v) is 3.42. The van der Waals surface area contributed by atoms with Crippen molar-refractivity contribution in [2.75, 3.05) is 0 Å². The lowest BCUT2D eigenvalue weighted by Crippen LogP contribution is -2.07. The molecule has 1 unspecified atom stereocenters. The van der Waals surface area contributed by atoms with E-state index in [2.05, 4.69) is 9.97 Å². The second kappa shape index (κ2) is 6.50. The second-order valence-corrected chi connectivity index (χ2v) is 6.83. The Morgan fingerprint density at radius 1 is 1.21 bits per heavy atom. The summed E-state index contributed by atoms with van der Waals surface area (Å²) in [6, 6.07) is 9.85. The number of alkyl halides is 3. The highest BCUT2D eigenvalue weighted by Crippen LogP contribution is 2.37. The van der Waals surface area contributed by atoms with Crippen molar-refractivity contribution in [1.29, 1.82) is 0 Å². The van der Waals surface area contributed by atoms with Gasteiger partial charge >= 0.3 is 6.18 Å². The van der Waals surface area contributed by atoms with Crippen molar-refractivity contribution in [3.05, 3.63) is 53.2 Å². The van der Waals surface area contributed by atoms with Crippen LogP contribution < -0.4 is 0 Å². The third-order valence-electron chi connectivity index (χ3n) is 3.26. The molecular weight excluding hydrogens is 361 g/mol. The smallest absolute Gasteiger partial charge is 0.333 e. The lowest BCUT2D eigenvalue weighted by molar-refractivity contribution is -0.144. The number of imidazole rings is 1. The molecule has 0 saturated heterocycles. The first kappa shape index (κ1) is 16.9. The van der Waals surface area contributed by atoms with Gasteiger partial charge in [0.1, 0.15) is 0 Å². The summed E-state index contributed by atoms with van der Waals surface area (Å²) < 4.78 is 58.7. The average molecular weight is 372 g/mol. The Labute approximate surface area is 141 Å². The molecular formula is C15H11F3N2O2S2. The minimum Gasteiger partial charge on any atom is -0.333 e. The fourth-order valence-electron chi connectivity index (χ4n) is 2.22. The summed E-state index contributed by atoms with van der Waals surface area (Å²) in [5, 5.41) is 1.77. The Balaban J connectivity index is 2.06. The van der Waals surface area contributed by atoms with E-state index in [1.54, 1.807) is 41.8 Å². The zero-order valence-corrected chi connectivity index (χ0v) is 13.6. The van der Waals surface area contributed by atoms with Crippen LogP contribution in [0.4, 0.5) is 13.2 Å². The molecule has 0 bridgehead atoms.